The van der Waals surface area contributed by atoms with E-state index in [1.54, 1.807) is 19.1 Å². The second-order valence-corrected chi connectivity index (χ2v) is 7.41. The Morgan fingerprint density at radius 3 is 2.52 bits per heavy atom. The third kappa shape index (κ3) is 5.20. The molecule has 8 heteroatoms. The molecule has 3 rings (SSSR count). The molecule has 2 aromatic rings. The van der Waals surface area contributed by atoms with Gasteiger partial charge < -0.3 is 30.3 Å². The Hall–Kier alpha value is -3.42. The maximum atomic E-state index is 13.2. The van der Waals surface area contributed by atoms with Crippen molar-refractivity contribution in [2.75, 3.05) is 39.2 Å². The Labute approximate surface area is 182 Å². The van der Waals surface area contributed by atoms with E-state index in [1.807, 2.05) is 50.2 Å². The van der Waals surface area contributed by atoms with Gasteiger partial charge in [0.15, 0.2) is 11.5 Å². The van der Waals surface area contributed by atoms with Gasteiger partial charge in [-0.15, -0.1) is 0 Å². The molecule has 0 saturated carbocycles. The lowest BCUT2D eigenvalue weighted by Gasteiger charge is -2.37. The van der Waals surface area contributed by atoms with Gasteiger partial charge in [-0.2, -0.15) is 0 Å². The van der Waals surface area contributed by atoms with Crippen LogP contribution in [0.15, 0.2) is 36.4 Å². The predicted molar refractivity (Wildman–Crippen MR) is 120 cm³/mol. The number of urea groups is 2. The summed E-state index contributed by atoms with van der Waals surface area (Å²) in [6.07, 6.45) is 0.675. The van der Waals surface area contributed by atoms with Crippen LogP contribution in [0.2, 0.25) is 0 Å². The summed E-state index contributed by atoms with van der Waals surface area (Å²) in [4.78, 5) is 27.0. The van der Waals surface area contributed by atoms with Gasteiger partial charge in [0.2, 0.25) is 0 Å². The number of benzene rings is 2. The summed E-state index contributed by atoms with van der Waals surface area (Å²) in [6.45, 7) is 5.15. The van der Waals surface area contributed by atoms with Crippen LogP contribution >= 0.6 is 0 Å². The smallest absolute Gasteiger partial charge is 0.322 e. The largest absolute Gasteiger partial charge is 0.493 e. The number of carbonyl (C=O) groups is 2. The molecule has 3 N–H and O–H groups in total. The molecule has 31 heavy (non-hydrogen) atoms. The minimum absolute atomic E-state index is 0.214. The fraction of sp³-hybridized carbons (Fsp3) is 0.391. The monoisotopic (exact) mass is 426 g/mol. The van der Waals surface area contributed by atoms with Gasteiger partial charge in [-0.3, -0.25) is 0 Å². The number of hydrogen-bond acceptors (Lipinski definition) is 4. The summed E-state index contributed by atoms with van der Waals surface area (Å²) in [5.41, 5.74) is 3.80. The molecule has 0 saturated heterocycles. The number of aryl methyl sites for hydroxylation is 1. The average molecular weight is 427 g/mol. The van der Waals surface area contributed by atoms with Gasteiger partial charge in [0, 0.05) is 25.3 Å². The molecule has 2 aromatic carbocycles. The Morgan fingerprint density at radius 2 is 1.84 bits per heavy atom. The molecule has 0 spiro atoms. The van der Waals surface area contributed by atoms with Crippen molar-refractivity contribution in [3.8, 4) is 11.5 Å². The second kappa shape index (κ2) is 10.1. The van der Waals surface area contributed by atoms with E-state index < -0.39 is 0 Å². The molecule has 0 radical (unpaired) electrons. The Bertz CT molecular complexity index is 947. The molecule has 0 aromatic heterocycles. The van der Waals surface area contributed by atoms with E-state index in [0.717, 1.165) is 22.4 Å². The summed E-state index contributed by atoms with van der Waals surface area (Å²) in [5.74, 6) is 1.24. The molecular weight excluding hydrogens is 396 g/mol. The van der Waals surface area contributed by atoms with Crippen LogP contribution in [0, 0.1) is 6.92 Å². The van der Waals surface area contributed by atoms with Gasteiger partial charge >= 0.3 is 12.1 Å². The van der Waals surface area contributed by atoms with Crippen molar-refractivity contribution in [2.45, 2.75) is 26.3 Å². The van der Waals surface area contributed by atoms with Gasteiger partial charge in [-0.25, -0.2) is 9.59 Å². The number of amides is 4. The van der Waals surface area contributed by atoms with Gasteiger partial charge in [0.05, 0.1) is 20.3 Å². The highest BCUT2D eigenvalue weighted by Gasteiger charge is 2.32. The molecule has 1 aliphatic rings. The number of rotatable bonds is 6. The fourth-order valence-electron chi connectivity index (χ4n) is 3.82. The lowest BCUT2D eigenvalue weighted by atomic mass is 9.92. The Morgan fingerprint density at radius 1 is 1.10 bits per heavy atom. The summed E-state index contributed by atoms with van der Waals surface area (Å²) in [5, 5.41) is 8.58. The number of fused-ring (bicyclic) bond motifs is 1. The third-order valence-corrected chi connectivity index (χ3v) is 5.33. The van der Waals surface area contributed by atoms with Crippen molar-refractivity contribution in [3.63, 3.8) is 0 Å². The first-order valence-electron chi connectivity index (χ1n) is 10.4. The highest BCUT2D eigenvalue weighted by Crippen LogP contribution is 2.38. The summed E-state index contributed by atoms with van der Waals surface area (Å²) in [7, 11) is 3.18. The highest BCUT2D eigenvalue weighted by molar-refractivity contribution is 5.90. The van der Waals surface area contributed by atoms with E-state index in [-0.39, 0.29) is 24.6 Å². The maximum Gasteiger partial charge on any atom is 0.322 e. The first-order valence-corrected chi connectivity index (χ1v) is 10.4. The first-order chi connectivity index (χ1) is 15.0. The van der Waals surface area contributed by atoms with E-state index in [4.69, 9.17) is 9.47 Å². The van der Waals surface area contributed by atoms with Crippen molar-refractivity contribution in [2.24, 2.45) is 0 Å². The van der Waals surface area contributed by atoms with Crippen LogP contribution < -0.4 is 25.4 Å². The highest BCUT2D eigenvalue weighted by atomic mass is 16.5. The van der Waals surface area contributed by atoms with Crippen molar-refractivity contribution >= 4 is 17.7 Å². The van der Waals surface area contributed by atoms with E-state index in [1.165, 1.54) is 0 Å². The van der Waals surface area contributed by atoms with Crippen molar-refractivity contribution in [1.82, 2.24) is 15.5 Å². The number of methoxy groups -OCH3 is 2. The van der Waals surface area contributed by atoms with Crippen molar-refractivity contribution in [1.29, 1.82) is 0 Å². The lowest BCUT2D eigenvalue weighted by Crippen LogP contribution is -2.48. The lowest BCUT2D eigenvalue weighted by molar-refractivity contribution is 0.179. The number of carbonyl (C=O) groups excluding carboxylic acids is 2. The number of nitrogens with one attached hydrogen (secondary N) is 3. The summed E-state index contributed by atoms with van der Waals surface area (Å²) >= 11 is 0. The van der Waals surface area contributed by atoms with E-state index >= 15 is 0 Å². The van der Waals surface area contributed by atoms with Crippen LogP contribution in [0.1, 0.15) is 29.7 Å². The third-order valence-electron chi connectivity index (χ3n) is 5.33. The van der Waals surface area contributed by atoms with Gasteiger partial charge in [0.25, 0.3) is 0 Å². The molecule has 8 nitrogen and oxygen atoms in total. The number of anilines is 1. The van der Waals surface area contributed by atoms with Crippen LogP contribution in [-0.4, -0.2) is 50.8 Å². The van der Waals surface area contributed by atoms with Crippen LogP contribution in [-0.2, 0) is 6.42 Å². The zero-order valence-electron chi connectivity index (χ0n) is 18.5. The number of nitrogens with zero attached hydrogens (tertiary/aromatic N) is 1. The number of ether oxygens (including phenoxy) is 2. The average Bonchev–Trinajstić information content (AvgIpc) is 2.76. The molecule has 1 heterocycles. The molecule has 1 aliphatic heterocycles. The van der Waals surface area contributed by atoms with Crippen molar-refractivity contribution < 1.29 is 19.1 Å². The second-order valence-electron chi connectivity index (χ2n) is 7.41. The van der Waals surface area contributed by atoms with Crippen LogP contribution in [0.3, 0.4) is 0 Å². The van der Waals surface area contributed by atoms with Crippen LogP contribution in [0.5, 0.6) is 11.5 Å². The molecule has 4 amide bonds. The van der Waals surface area contributed by atoms with Gasteiger partial charge in [-0.05, 0) is 61.2 Å². The predicted octanol–water partition coefficient (Wildman–Crippen LogP) is 3.46. The Balaban J connectivity index is 1.90. The first kappa shape index (κ1) is 22.3. The molecule has 166 valence electrons. The molecule has 0 fully saturated rings. The zero-order valence-corrected chi connectivity index (χ0v) is 18.5. The van der Waals surface area contributed by atoms with Crippen molar-refractivity contribution in [3.05, 3.63) is 53.1 Å². The van der Waals surface area contributed by atoms with Crippen LogP contribution in [0.4, 0.5) is 15.3 Å². The standard InChI is InChI=1S/C23H30N4O4/c1-5-24-22(28)25-14-19-18-13-21(31-4)20(30-3)12-16(18)9-10-27(19)23(29)26-17-8-6-7-15(2)11-17/h6-8,11-13,19H,5,9-10,14H2,1-4H3,(H,26,29)(H2,24,25,28)/t19-/m0/s1. The molecule has 1 atom stereocenters. The zero-order chi connectivity index (χ0) is 22.4. The fourth-order valence-corrected chi connectivity index (χ4v) is 3.82. The van der Waals surface area contributed by atoms with E-state index in [0.29, 0.717) is 31.0 Å². The van der Waals surface area contributed by atoms with E-state index in [9.17, 15) is 9.59 Å². The number of hydrogen-bond donors (Lipinski definition) is 3. The SMILES string of the molecule is CCNC(=O)NC[C@H]1c2cc(OC)c(OC)cc2CCN1C(=O)Nc1cccc(C)c1. The maximum absolute atomic E-state index is 13.2. The molecule has 0 aliphatic carbocycles. The molecule has 0 unspecified atom stereocenters. The minimum atomic E-state index is -0.351. The quantitative estimate of drug-likeness (QED) is 0.660. The van der Waals surface area contributed by atoms with Crippen LogP contribution in [0.25, 0.3) is 0 Å². The van der Waals surface area contributed by atoms with Gasteiger partial charge in [0.1, 0.15) is 0 Å². The minimum Gasteiger partial charge on any atom is -0.493 e. The normalized spacial score (nSPS) is 15.0. The molecular formula is C23H30N4O4. The Kier molecular flexibility index (Phi) is 7.23. The summed E-state index contributed by atoms with van der Waals surface area (Å²) in [6, 6.07) is 10.7. The topological polar surface area (TPSA) is 91.9 Å². The van der Waals surface area contributed by atoms with E-state index in [2.05, 4.69) is 16.0 Å². The van der Waals surface area contributed by atoms with Gasteiger partial charge in [-0.1, -0.05) is 12.1 Å². The molecule has 0 bridgehead atoms. The summed E-state index contributed by atoms with van der Waals surface area (Å²) < 4.78 is 10.9.